The first-order valence-corrected chi connectivity index (χ1v) is 7.47. The van der Waals surface area contributed by atoms with Crippen LogP contribution in [0.3, 0.4) is 0 Å². The fourth-order valence-electron chi connectivity index (χ4n) is 2.13. The summed E-state index contributed by atoms with van der Waals surface area (Å²) in [5, 5.41) is 10.6. The number of nitrogens with zero attached hydrogens (tertiary/aromatic N) is 3. The van der Waals surface area contributed by atoms with Crippen LogP contribution in [0.15, 0.2) is 9.21 Å². The lowest BCUT2D eigenvalue weighted by Crippen LogP contribution is -2.31. The fraction of sp³-hybridized carbons (Fsp3) is 0.533. The molecule has 1 atom stereocenters. The zero-order chi connectivity index (χ0) is 17.1. The molecule has 23 heavy (non-hydrogen) atoms. The van der Waals surface area contributed by atoms with Crippen molar-refractivity contribution in [3.8, 4) is 0 Å². The maximum Gasteiger partial charge on any atom is 0.254 e. The van der Waals surface area contributed by atoms with Gasteiger partial charge in [-0.1, -0.05) is 13.8 Å². The molecule has 0 aliphatic carbocycles. The molecule has 0 saturated heterocycles. The summed E-state index contributed by atoms with van der Waals surface area (Å²) < 4.78 is 5.50. The molecule has 0 aliphatic heterocycles. The second-order valence-electron chi connectivity index (χ2n) is 5.81. The Bertz CT molecular complexity index is 763. The topological polar surface area (TPSA) is 114 Å². The molecule has 1 amide bonds. The Labute approximate surface area is 133 Å². The lowest BCUT2D eigenvalue weighted by Gasteiger charge is -2.10. The minimum Gasteiger partial charge on any atom is -0.423 e. The van der Waals surface area contributed by atoms with Gasteiger partial charge in [0.25, 0.3) is 5.56 Å². The summed E-state index contributed by atoms with van der Waals surface area (Å²) in [5.41, 5.74) is 0.611. The molecule has 0 radical (unpaired) electrons. The summed E-state index contributed by atoms with van der Waals surface area (Å²) in [6.07, 6.45) is -0.0516. The number of hydrogen-bond acceptors (Lipinski definition) is 6. The summed E-state index contributed by atoms with van der Waals surface area (Å²) >= 11 is 0. The van der Waals surface area contributed by atoms with E-state index in [1.165, 1.54) is 0 Å². The largest absolute Gasteiger partial charge is 0.423 e. The van der Waals surface area contributed by atoms with Crippen molar-refractivity contribution in [3.05, 3.63) is 39.2 Å². The quantitative estimate of drug-likeness (QED) is 0.859. The number of carbonyl (C=O) groups is 1. The molecule has 0 aromatic carbocycles. The van der Waals surface area contributed by atoms with Gasteiger partial charge in [0, 0.05) is 17.2 Å². The van der Waals surface area contributed by atoms with Crippen molar-refractivity contribution in [2.75, 3.05) is 0 Å². The first kappa shape index (κ1) is 16.9. The van der Waals surface area contributed by atoms with Crippen molar-refractivity contribution in [3.63, 3.8) is 0 Å². The number of H-pyrrole nitrogens is 1. The zero-order valence-electron chi connectivity index (χ0n) is 13.9. The van der Waals surface area contributed by atoms with E-state index >= 15 is 0 Å². The van der Waals surface area contributed by atoms with Crippen LogP contribution in [0.25, 0.3) is 0 Å². The molecule has 2 rings (SSSR count). The third-order valence-electron chi connectivity index (χ3n) is 3.38. The maximum atomic E-state index is 12.1. The van der Waals surface area contributed by atoms with E-state index in [4.69, 9.17) is 4.42 Å². The van der Waals surface area contributed by atoms with E-state index in [9.17, 15) is 9.59 Å². The van der Waals surface area contributed by atoms with Crippen LogP contribution in [0.1, 0.15) is 61.6 Å². The van der Waals surface area contributed by atoms with Crippen LogP contribution in [0.4, 0.5) is 0 Å². The predicted octanol–water partition coefficient (Wildman–Crippen LogP) is 1.31. The molecule has 0 spiro atoms. The summed E-state index contributed by atoms with van der Waals surface area (Å²) in [6, 6.07) is -0.430. The summed E-state index contributed by atoms with van der Waals surface area (Å²) in [6.45, 7) is 9.05. The highest BCUT2D eigenvalue weighted by atomic mass is 16.4. The Kier molecular flexibility index (Phi) is 4.92. The molecule has 2 aromatic rings. The van der Waals surface area contributed by atoms with Gasteiger partial charge in [-0.25, -0.2) is 4.98 Å². The van der Waals surface area contributed by atoms with E-state index in [1.54, 1.807) is 20.8 Å². The molecule has 0 bridgehead atoms. The van der Waals surface area contributed by atoms with Gasteiger partial charge in [-0.3, -0.25) is 9.59 Å². The number of nitrogens with one attached hydrogen (secondary N) is 2. The van der Waals surface area contributed by atoms with Gasteiger partial charge < -0.3 is 14.7 Å². The van der Waals surface area contributed by atoms with Crippen LogP contribution in [0.2, 0.25) is 0 Å². The van der Waals surface area contributed by atoms with Crippen LogP contribution in [-0.4, -0.2) is 26.1 Å². The van der Waals surface area contributed by atoms with Crippen LogP contribution < -0.4 is 10.9 Å². The number of amides is 1. The van der Waals surface area contributed by atoms with Crippen LogP contribution in [-0.2, 0) is 11.2 Å². The molecule has 2 aromatic heterocycles. The monoisotopic (exact) mass is 319 g/mol. The standard InChI is InChI=1S/C15H21N5O3/c1-7(2)14-19-20-15(23-14)9(4)17-12(21)6-11-8(3)16-10(5)18-13(11)22/h7,9H,6H2,1-5H3,(H,17,21)(H,16,18,22)/t9-/m1/s1. The number of aryl methyl sites for hydroxylation is 2. The third kappa shape index (κ3) is 4.02. The Balaban J connectivity index is 2.06. The second-order valence-corrected chi connectivity index (χ2v) is 5.81. The van der Waals surface area contributed by atoms with Crippen molar-refractivity contribution >= 4 is 5.91 Å². The fourth-order valence-corrected chi connectivity index (χ4v) is 2.13. The molecular weight excluding hydrogens is 298 g/mol. The van der Waals surface area contributed by atoms with Gasteiger partial charge >= 0.3 is 0 Å². The molecule has 8 heteroatoms. The highest BCUT2D eigenvalue weighted by molar-refractivity contribution is 5.79. The van der Waals surface area contributed by atoms with Crippen LogP contribution in [0, 0.1) is 13.8 Å². The minimum absolute atomic E-state index is 0.0516. The SMILES string of the molecule is Cc1nc(C)c(CC(=O)N[C@H](C)c2nnc(C(C)C)o2)c(=O)[nH]1. The van der Waals surface area contributed by atoms with E-state index in [0.717, 1.165) is 0 Å². The van der Waals surface area contributed by atoms with Gasteiger partial charge in [-0.05, 0) is 20.8 Å². The first-order valence-electron chi connectivity index (χ1n) is 7.47. The summed E-state index contributed by atoms with van der Waals surface area (Å²) in [5.74, 6) is 1.21. The van der Waals surface area contributed by atoms with E-state index in [2.05, 4.69) is 25.5 Å². The number of carbonyl (C=O) groups excluding carboxylic acids is 1. The number of rotatable bonds is 5. The van der Waals surface area contributed by atoms with Gasteiger partial charge in [0.2, 0.25) is 17.7 Å². The van der Waals surface area contributed by atoms with Crippen LogP contribution in [0.5, 0.6) is 0 Å². The van der Waals surface area contributed by atoms with E-state index in [0.29, 0.717) is 28.9 Å². The van der Waals surface area contributed by atoms with Gasteiger partial charge in [-0.2, -0.15) is 0 Å². The molecular formula is C15H21N5O3. The number of aromatic amines is 1. The molecule has 2 heterocycles. The summed E-state index contributed by atoms with van der Waals surface area (Å²) in [7, 11) is 0. The maximum absolute atomic E-state index is 12.1. The minimum atomic E-state index is -0.430. The average Bonchev–Trinajstić information content (AvgIpc) is 2.92. The zero-order valence-corrected chi connectivity index (χ0v) is 13.9. The summed E-state index contributed by atoms with van der Waals surface area (Å²) in [4.78, 5) is 30.8. The molecule has 0 aliphatic rings. The van der Waals surface area contributed by atoms with E-state index in [-0.39, 0.29) is 23.8 Å². The van der Waals surface area contributed by atoms with Gasteiger partial charge in [-0.15, -0.1) is 10.2 Å². The van der Waals surface area contributed by atoms with Crippen LogP contribution >= 0.6 is 0 Å². The lowest BCUT2D eigenvalue weighted by atomic mass is 10.1. The van der Waals surface area contributed by atoms with Gasteiger partial charge in [0.05, 0.1) is 6.42 Å². The molecule has 0 saturated carbocycles. The predicted molar refractivity (Wildman–Crippen MR) is 83.0 cm³/mol. The Morgan fingerprint density at radius 2 is 1.87 bits per heavy atom. The Morgan fingerprint density at radius 3 is 2.43 bits per heavy atom. The molecule has 0 unspecified atom stereocenters. The second kappa shape index (κ2) is 6.72. The normalized spacial score (nSPS) is 12.4. The van der Waals surface area contributed by atoms with Crippen molar-refractivity contribution in [1.82, 2.24) is 25.5 Å². The van der Waals surface area contributed by atoms with E-state index in [1.807, 2.05) is 13.8 Å². The molecule has 8 nitrogen and oxygen atoms in total. The van der Waals surface area contributed by atoms with Crippen molar-refractivity contribution < 1.29 is 9.21 Å². The van der Waals surface area contributed by atoms with Gasteiger partial charge in [0.15, 0.2) is 0 Å². The highest BCUT2D eigenvalue weighted by Gasteiger charge is 2.19. The first-order chi connectivity index (χ1) is 10.8. The molecule has 124 valence electrons. The molecule has 0 fully saturated rings. The lowest BCUT2D eigenvalue weighted by molar-refractivity contribution is -0.121. The molecule has 2 N–H and O–H groups in total. The number of hydrogen-bond donors (Lipinski definition) is 2. The van der Waals surface area contributed by atoms with Gasteiger partial charge in [0.1, 0.15) is 11.9 Å². The van der Waals surface area contributed by atoms with Crippen molar-refractivity contribution in [2.45, 2.75) is 53.0 Å². The highest BCUT2D eigenvalue weighted by Crippen LogP contribution is 2.16. The van der Waals surface area contributed by atoms with E-state index < -0.39 is 6.04 Å². The third-order valence-corrected chi connectivity index (χ3v) is 3.38. The number of aromatic nitrogens is 4. The van der Waals surface area contributed by atoms with Crippen molar-refractivity contribution in [2.24, 2.45) is 0 Å². The Hall–Kier alpha value is -2.51. The smallest absolute Gasteiger partial charge is 0.254 e. The Morgan fingerprint density at radius 1 is 1.22 bits per heavy atom. The van der Waals surface area contributed by atoms with Crippen molar-refractivity contribution in [1.29, 1.82) is 0 Å². The average molecular weight is 319 g/mol.